The standard InChI is InChI=1S/C5H12NO/c1-6(2,3)4-5-7/h5H,4H2,1-3H3/q+1/i1D3,2D3,3D3. The van der Waals surface area contributed by atoms with E-state index in [4.69, 9.17) is 12.3 Å². The number of aldehydes is 1. The van der Waals surface area contributed by atoms with E-state index in [1.165, 1.54) is 0 Å². The monoisotopic (exact) mass is 111 g/mol. The van der Waals surface area contributed by atoms with Crippen LogP contribution in [0.1, 0.15) is 12.3 Å². The third-order valence-corrected chi connectivity index (χ3v) is 0.348. The van der Waals surface area contributed by atoms with Crippen molar-refractivity contribution in [1.82, 2.24) is 0 Å². The highest BCUT2D eigenvalue weighted by Gasteiger charge is 2.01. The highest BCUT2D eigenvalue weighted by Crippen LogP contribution is 1.82. The van der Waals surface area contributed by atoms with Crippen LogP contribution in [-0.4, -0.2) is 38.2 Å². The topological polar surface area (TPSA) is 17.1 Å². The lowest BCUT2D eigenvalue weighted by Gasteiger charge is -2.19. The zero-order valence-electron chi connectivity index (χ0n) is 12.6. The van der Waals surface area contributed by atoms with Crippen LogP contribution in [0.3, 0.4) is 0 Å². The van der Waals surface area contributed by atoms with Crippen LogP contribution in [0.2, 0.25) is 0 Å². The molecule has 0 unspecified atom stereocenters. The lowest BCUT2D eigenvalue weighted by molar-refractivity contribution is -0.861. The second-order valence-corrected chi connectivity index (χ2v) is 1.16. The van der Waals surface area contributed by atoms with Crippen molar-refractivity contribution in [3.63, 3.8) is 0 Å². The number of hydrogen-bond donors (Lipinski definition) is 0. The zero-order chi connectivity index (χ0) is 13.4. The third kappa shape index (κ3) is 5.63. The first-order valence-corrected chi connectivity index (χ1v) is 1.63. The summed E-state index contributed by atoms with van der Waals surface area (Å²) in [5.74, 6) is 0. The molecule has 0 saturated carbocycles. The van der Waals surface area contributed by atoms with Crippen LogP contribution >= 0.6 is 0 Å². The van der Waals surface area contributed by atoms with Crippen molar-refractivity contribution in [2.75, 3.05) is 27.5 Å². The van der Waals surface area contributed by atoms with Gasteiger partial charge < -0.3 is 4.48 Å². The Morgan fingerprint density at radius 3 is 2.43 bits per heavy atom. The summed E-state index contributed by atoms with van der Waals surface area (Å²) in [5.41, 5.74) is 0. The summed E-state index contributed by atoms with van der Waals surface area (Å²) in [6, 6.07) is 0. The summed E-state index contributed by atoms with van der Waals surface area (Å²) in [6.45, 7) is -11.1. The molecule has 0 heterocycles. The number of likely N-dealkylation sites (N-methyl/N-ethyl adjacent to an activating group) is 1. The molecule has 0 N–H and O–H groups in total. The quantitative estimate of drug-likeness (QED) is 0.359. The molecular weight excluding hydrogens is 90.1 g/mol. The Morgan fingerprint density at radius 2 is 2.29 bits per heavy atom. The van der Waals surface area contributed by atoms with Gasteiger partial charge in [-0.15, -0.1) is 0 Å². The van der Waals surface area contributed by atoms with Crippen molar-refractivity contribution >= 4 is 6.29 Å². The lowest BCUT2D eigenvalue weighted by atomic mass is 10.6. The van der Waals surface area contributed by atoms with E-state index in [-0.39, 0.29) is 6.29 Å². The Labute approximate surface area is 57.0 Å². The average molecular weight is 111 g/mol. The molecule has 0 spiro atoms. The number of hydrogen-bond acceptors (Lipinski definition) is 1. The van der Waals surface area contributed by atoms with Crippen LogP contribution in [-0.2, 0) is 4.79 Å². The maximum absolute atomic E-state index is 10.4. The second kappa shape index (κ2) is 2.07. The molecule has 0 amide bonds. The molecule has 0 bridgehead atoms. The number of rotatable bonds is 2. The van der Waals surface area contributed by atoms with E-state index < -0.39 is 32.0 Å². The minimum absolute atomic E-state index is 0.00882. The van der Waals surface area contributed by atoms with E-state index in [9.17, 15) is 4.79 Å². The molecule has 7 heavy (non-hydrogen) atoms. The molecular formula is C5H12NO+. The van der Waals surface area contributed by atoms with E-state index in [2.05, 4.69) is 0 Å². The lowest BCUT2D eigenvalue weighted by Crippen LogP contribution is -2.35. The van der Waals surface area contributed by atoms with Gasteiger partial charge in [-0.1, -0.05) is 0 Å². The predicted octanol–water partition coefficient (Wildman–Crippen LogP) is -0.109. The van der Waals surface area contributed by atoms with Crippen molar-refractivity contribution in [2.45, 2.75) is 0 Å². The van der Waals surface area contributed by atoms with Crippen LogP contribution in [0, 0.1) is 0 Å². The highest BCUT2D eigenvalue weighted by molar-refractivity contribution is 5.50. The maximum Gasteiger partial charge on any atom is 0.174 e. The summed E-state index contributed by atoms with van der Waals surface area (Å²) in [5, 5.41) is 0. The fourth-order valence-corrected chi connectivity index (χ4v) is 0.112. The van der Waals surface area contributed by atoms with E-state index >= 15 is 0 Å². The van der Waals surface area contributed by atoms with Gasteiger partial charge in [0, 0.05) is 0 Å². The first kappa shape index (κ1) is 0.982. The second-order valence-electron chi connectivity index (χ2n) is 1.16. The van der Waals surface area contributed by atoms with Gasteiger partial charge in [0.1, 0.15) is 6.54 Å². The van der Waals surface area contributed by atoms with Gasteiger partial charge in [0.25, 0.3) is 0 Å². The van der Waals surface area contributed by atoms with E-state index in [1.807, 2.05) is 0 Å². The van der Waals surface area contributed by atoms with Gasteiger partial charge in [-0.2, -0.15) is 0 Å². The van der Waals surface area contributed by atoms with E-state index in [0.717, 1.165) is 0 Å². The Bertz CT molecular complexity index is 225. The van der Waals surface area contributed by atoms with Crippen molar-refractivity contribution in [3.05, 3.63) is 0 Å². The molecule has 0 aromatic rings. The number of nitrogens with zero attached hydrogens (tertiary/aromatic N) is 1. The Morgan fingerprint density at radius 1 is 1.71 bits per heavy atom. The molecule has 0 aromatic heterocycles. The summed E-state index contributed by atoms with van der Waals surface area (Å²) in [6.07, 6.45) is -0.00882. The molecule has 42 valence electrons. The molecule has 0 aliphatic heterocycles. The normalized spacial score (nSPS) is 35.7. The molecule has 2 heteroatoms. The molecule has 0 rings (SSSR count). The van der Waals surface area contributed by atoms with Crippen LogP contribution in [0.4, 0.5) is 0 Å². The van der Waals surface area contributed by atoms with E-state index in [0.29, 0.717) is 0 Å². The smallest absolute Gasteiger partial charge is 0.174 e. The molecule has 0 fully saturated rings. The minimum atomic E-state index is -3.34. The van der Waals surface area contributed by atoms with Crippen LogP contribution in [0.15, 0.2) is 0 Å². The third-order valence-electron chi connectivity index (χ3n) is 0.348. The number of carbonyl (C=O) groups is 1. The van der Waals surface area contributed by atoms with Crippen molar-refractivity contribution in [2.24, 2.45) is 0 Å². The Hall–Kier alpha value is -0.370. The first-order valence-electron chi connectivity index (χ1n) is 6.13. The van der Waals surface area contributed by atoms with Gasteiger partial charge in [-0.3, -0.25) is 4.79 Å². The number of quaternary nitrogens is 1. The molecule has 0 atom stereocenters. The molecule has 0 radical (unpaired) electrons. The van der Waals surface area contributed by atoms with Crippen LogP contribution < -0.4 is 0 Å². The summed E-state index contributed by atoms with van der Waals surface area (Å²) in [7, 11) is 0. The SMILES string of the molecule is [2H]C([2H])([2H])[N+](CC=O)(C([2H])([2H])[2H])C([2H])([2H])[2H]. The molecule has 0 saturated heterocycles. The number of carbonyl (C=O) groups excluding carboxylic acids is 1. The van der Waals surface area contributed by atoms with Gasteiger partial charge in [-0.25, -0.2) is 0 Å². The molecule has 0 aromatic carbocycles. The largest absolute Gasteiger partial charge is 0.325 e. The van der Waals surface area contributed by atoms with Gasteiger partial charge >= 0.3 is 0 Å². The zero-order valence-corrected chi connectivity index (χ0v) is 3.64. The van der Waals surface area contributed by atoms with Gasteiger partial charge in [-0.05, 0) is 0 Å². The predicted molar refractivity (Wildman–Crippen MR) is 29.0 cm³/mol. The summed E-state index contributed by atoms with van der Waals surface area (Å²) >= 11 is 0. The Kier molecular flexibility index (Phi) is 0.291. The molecule has 2 nitrogen and oxygen atoms in total. The van der Waals surface area contributed by atoms with Gasteiger partial charge in [0.2, 0.25) is 0 Å². The summed E-state index contributed by atoms with van der Waals surface area (Å²) in [4.78, 5) is 10.4. The molecule has 0 aliphatic rings. The van der Waals surface area contributed by atoms with Crippen LogP contribution in [0.5, 0.6) is 0 Å². The fraction of sp³-hybridized carbons (Fsp3) is 0.800. The van der Waals surface area contributed by atoms with E-state index in [1.54, 1.807) is 0 Å². The highest BCUT2D eigenvalue weighted by atomic mass is 16.1. The fourth-order valence-electron chi connectivity index (χ4n) is 0.112. The maximum atomic E-state index is 10.4. The minimum Gasteiger partial charge on any atom is -0.325 e. The van der Waals surface area contributed by atoms with Gasteiger partial charge in [0.05, 0.1) is 33.3 Å². The van der Waals surface area contributed by atoms with Crippen molar-refractivity contribution < 1.29 is 21.6 Å². The van der Waals surface area contributed by atoms with Crippen LogP contribution in [0.25, 0.3) is 0 Å². The van der Waals surface area contributed by atoms with Gasteiger partial charge in [0.15, 0.2) is 6.29 Å². The Balaban J connectivity index is 5.92. The summed E-state index contributed by atoms with van der Waals surface area (Å²) < 4.78 is 61.5. The van der Waals surface area contributed by atoms with Crippen molar-refractivity contribution in [1.29, 1.82) is 0 Å². The average Bonchev–Trinajstić information content (AvgIpc) is 1.91. The first-order chi connectivity index (χ1) is 6.81. The molecule has 0 aliphatic carbocycles. The van der Waals surface area contributed by atoms with Crippen molar-refractivity contribution in [3.8, 4) is 0 Å².